The van der Waals surface area contributed by atoms with E-state index in [9.17, 15) is 4.79 Å². The van der Waals surface area contributed by atoms with E-state index in [2.05, 4.69) is 34.8 Å². The van der Waals surface area contributed by atoms with Crippen LogP contribution in [0.25, 0.3) is 0 Å². The molecule has 5 nitrogen and oxygen atoms in total. The van der Waals surface area contributed by atoms with Crippen LogP contribution in [0.1, 0.15) is 37.2 Å². The van der Waals surface area contributed by atoms with Gasteiger partial charge in [-0.1, -0.05) is 13.8 Å². The number of aromatic nitrogens is 1. The van der Waals surface area contributed by atoms with Crippen LogP contribution in [0.15, 0.2) is 18.3 Å². The molecular weight excluding hydrogens is 252 g/mol. The normalized spacial score (nSPS) is 21.2. The van der Waals surface area contributed by atoms with E-state index in [0.717, 1.165) is 18.8 Å². The molecule has 0 aliphatic carbocycles. The number of rotatable bonds is 4. The molecule has 0 spiro atoms. The quantitative estimate of drug-likeness (QED) is 0.782. The number of carbonyl (C=O) groups excluding carboxylic acids is 1. The SMILES string of the molecule is CNC(=O)c1cc(NCC2NCCCC2(C)C)ccn1. The van der Waals surface area contributed by atoms with Gasteiger partial charge in [-0.25, -0.2) is 0 Å². The minimum atomic E-state index is -0.162. The summed E-state index contributed by atoms with van der Waals surface area (Å²) in [5.41, 5.74) is 1.66. The summed E-state index contributed by atoms with van der Waals surface area (Å²) in [5.74, 6) is -0.162. The number of hydrogen-bond donors (Lipinski definition) is 3. The van der Waals surface area contributed by atoms with Crippen molar-refractivity contribution in [2.45, 2.75) is 32.7 Å². The molecule has 0 saturated carbocycles. The highest BCUT2D eigenvalue weighted by Gasteiger charge is 2.31. The van der Waals surface area contributed by atoms with Crippen molar-refractivity contribution in [3.63, 3.8) is 0 Å². The number of piperidine rings is 1. The second-order valence-corrected chi connectivity index (χ2v) is 5.99. The van der Waals surface area contributed by atoms with E-state index in [1.807, 2.05) is 6.07 Å². The molecule has 1 saturated heterocycles. The highest BCUT2D eigenvalue weighted by Crippen LogP contribution is 2.30. The Morgan fingerprint density at radius 2 is 2.35 bits per heavy atom. The Kier molecular flexibility index (Phi) is 4.60. The molecule has 1 amide bonds. The van der Waals surface area contributed by atoms with Crippen molar-refractivity contribution in [2.75, 3.05) is 25.5 Å². The zero-order chi connectivity index (χ0) is 14.6. The molecule has 5 heteroatoms. The lowest BCUT2D eigenvalue weighted by Gasteiger charge is -2.39. The number of anilines is 1. The van der Waals surface area contributed by atoms with E-state index in [-0.39, 0.29) is 5.91 Å². The van der Waals surface area contributed by atoms with Gasteiger partial charge in [-0.05, 0) is 36.9 Å². The molecule has 0 radical (unpaired) electrons. The molecule has 1 aromatic heterocycles. The number of nitrogens with one attached hydrogen (secondary N) is 3. The molecule has 2 heterocycles. The fraction of sp³-hybridized carbons (Fsp3) is 0.600. The van der Waals surface area contributed by atoms with E-state index in [1.54, 1.807) is 19.3 Å². The summed E-state index contributed by atoms with van der Waals surface area (Å²) in [6, 6.07) is 4.12. The minimum Gasteiger partial charge on any atom is -0.383 e. The van der Waals surface area contributed by atoms with Gasteiger partial charge in [0, 0.05) is 31.5 Å². The number of carbonyl (C=O) groups is 1. The molecule has 1 atom stereocenters. The summed E-state index contributed by atoms with van der Waals surface area (Å²) in [7, 11) is 1.61. The van der Waals surface area contributed by atoms with Crippen molar-refractivity contribution >= 4 is 11.6 Å². The highest BCUT2D eigenvalue weighted by atomic mass is 16.1. The lowest BCUT2D eigenvalue weighted by atomic mass is 9.77. The first-order chi connectivity index (χ1) is 9.53. The number of amides is 1. The summed E-state index contributed by atoms with van der Waals surface area (Å²) in [4.78, 5) is 15.6. The molecule has 1 aliphatic rings. The van der Waals surface area contributed by atoms with Crippen LogP contribution in [0, 0.1) is 5.41 Å². The van der Waals surface area contributed by atoms with Crippen molar-refractivity contribution in [1.82, 2.24) is 15.6 Å². The van der Waals surface area contributed by atoms with Crippen LogP contribution in [0.2, 0.25) is 0 Å². The van der Waals surface area contributed by atoms with Gasteiger partial charge in [-0.15, -0.1) is 0 Å². The Hall–Kier alpha value is -1.62. The van der Waals surface area contributed by atoms with Gasteiger partial charge in [0.1, 0.15) is 5.69 Å². The number of hydrogen-bond acceptors (Lipinski definition) is 4. The van der Waals surface area contributed by atoms with Crippen LogP contribution in [-0.4, -0.2) is 37.1 Å². The third-order valence-corrected chi connectivity index (χ3v) is 4.06. The highest BCUT2D eigenvalue weighted by molar-refractivity contribution is 5.92. The smallest absolute Gasteiger partial charge is 0.269 e. The second-order valence-electron chi connectivity index (χ2n) is 5.99. The van der Waals surface area contributed by atoms with Crippen LogP contribution in [-0.2, 0) is 0 Å². The maximum Gasteiger partial charge on any atom is 0.269 e. The van der Waals surface area contributed by atoms with Gasteiger partial charge in [0.05, 0.1) is 0 Å². The molecule has 2 rings (SSSR count). The van der Waals surface area contributed by atoms with Crippen LogP contribution in [0.3, 0.4) is 0 Å². The molecule has 110 valence electrons. The van der Waals surface area contributed by atoms with E-state index in [4.69, 9.17) is 0 Å². The van der Waals surface area contributed by atoms with Crippen molar-refractivity contribution in [1.29, 1.82) is 0 Å². The predicted molar refractivity (Wildman–Crippen MR) is 80.9 cm³/mol. The molecule has 3 N–H and O–H groups in total. The van der Waals surface area contributed by atoms with Crippen molar-refractivity contribution < 1.29 is 4.79 Å². The van der Waals surface area contributed by atoms with Gasteiger partial charge in [-0.3, -0.25) is 9.78 Å². The van der Waals surface area contributed by atoms with E-state index in [1.165, 1.54) is 12.8 Å². The van der Waals surface area contributed by atoms with Gasteiger partial charge >= 0.3 is 0 Å². The maximum atomic E-state index is 11.6. The standard InChI is InChI=1S/C15H24N4O/c1-15(2)6-4-7-18-13(15)10-19-11-5-8-17-12(9-11)14(20)16-3/h5,8-9,13,18H,4,6-7,10H2,1-3H3,(H,16,20)(H,17,19). The van der Waals surface area contributed by atoms with Gasteiger partial charge in [0.25, 0.3) is 5.91 Å². The summed E-state index contributed by atoms with van der Waals surface area (Å²) < 4.78 is 0. The third-order valence-electron chi connectivity index (χ3n) is 4.06. The van der Waals surface area contributed by atoms with E-state index >= 15 is 0 Å². The zero-order valence-corrected chi connectivity index (χ0v) is 12.5. The second kappa shape index (κ2) is 6.22. The minimum absolute atomic E-state index is 0.162. The van der Waals surface area contributed by atoms with Crippen LogP contribution < -0.4 is 16.0 Å². The number of nitrogens with zero attached hydrogens (tertiary/aromatic N) is 1. The molecular formula is C15H24N4O. The average Bonchev–Trinajstić information content (AvgIpc) is 2.45. The number of pyridine rings is 1. The molecule has 1 aromatic rings. The van der Waals surface area contributed by atoms with Crippen molar-refractivity contribution in [2.24, 2.45) is 5.41 Å². The Balaban J connectivity index is 1.98. The van der Waals surface area contributed by atoms with Gasteiger partial charge in [0.2, 0.25) is 0 Å². The topological polar surface area (TPSA) is 66.1 Å². The Labute approximate surface area is 120 Å². The van der Waals surface area contributed by atoms with E-state index < -0.39 is 0 Å². The molecule has 0 bridgehead atoms. The first kappa shape index (κ1) is 14.8. The summed E-state index contributed by atoms with van der Waals surface area (Å²) in [6.07, 6.45) is 4.14. The van der Waals surface area contributed by atoms with Gasteiger partial charge in [-0.2, -0.15) is 0 Å². The fourth-order valence-corrected chi connectivity index (χ4v) is 2.63. The molecule has 20 heavy (non-hydrogen) atoms. The van der Waals surface area contributed by atoms with Crippen LogP contribution in [0.5, 0.6) is 0 Å². The third kappa shape index (κ3) is 3.48. The Morgan fingerprint density at radius 3 is 3.05 bits per heavy atom. The van der Waals surface area contributed by atoms with Crippen LogP contribution >= 0.6 is 0 Å². The fourth-order valence-electron chi connectivity index (χ4n) is 2.63. The molecule has 1 aliphatic heterocycles. The van der Waals surface area contributed by atoms with Gasteiger partial charge < -0.3 is 16.0 Å². The maximum absolute atomic E-state index is 11.6. The summed E-state index contributed by atoms with van der Waals surface area (Å²) in [5, 5.41) is 9.56. The average molecular weight is 276 g/mol. The van der Waals surface area contributed by atoms with Crippen molar-refractivity contribution in [3.05, 3.63) is 24.0 Å². The summed E-state index contributed by atoms with van der Waals surface area (Å²) >= 11 is 0. The van der Waals surface area contributed by atoms with E-state index in [0.29, 0.717) is 17.2 Å². The monoisotopic (exact) mass is 276 g/mol. The largest absolute Gasteiger partial charge is 0.383 e. The zero-order valence-electron chi connectivity index (χ0n) is 12.5. The summed E-state index contributed by atoms with van der Waals surface area (Å²) in [6.45, 7) is 6.53. The van der Waals surface area contributed by atoms with Crippen molar-refractivity contribution in [3.8, 4) is 0 Å². The predicted octanol–water partition coefficient (Wildman–Crippen LogP) is 1.63. The Bertz CT molecular complexity index is 473. The first-order valence-electron chi connectivity index (χ1n) is 7.18. The lowest BCUT2D eigenvalue weighted by molar-refractivity contribution is 0.0958. The molecule has 1 unspecified atom stereocenters. The van der Waals surface area contributed by atoms with Gasteiger partial charge in [0.15, 0.2) is 0 Å². The molecule has 0 aromatic carbocycles. The first-order valence-corrected chi connectivity index (χ1v) is 7.18. The Morgan fingerprint density at radius 1 is 1.55 bits per heavy atom. The van der Waals surface area contributed by atoms with Crippen LogP contribution in [0.4, 0.5) is 5.69 Å². The lowest BCUT2D eigenvalue weighted by Crippen LogP contribution is -2.50. The molecule has 1 fully saturated rings.